The molecule has 0 aliphatic carbocycles. The summed E-state index contributed by atoms with van der Waals surface area (Å²) in [5.74, 6) is 1.64. The molecule has 4 heteroatoms. The molecule has 0 unspecified atom stereocenters. The van der Waals surface area contributed by atoms with E-state index in [9.17, 15) is 4.79 Å². The van der Waals surface area contributed by atoms with Gasteiger partial charge in [0.1, 0.15) is 0 Å². The minimum Gasteiger partial charge on any atom is -0.454 e. The fraction of sp³-hybridized carbons (Fsp3) is 0.562. The van der Waals surface area contributed by atoms with Crippen molar-refractivity contribution in [1.29, 1.82) is 0 Å². The summed E-state index contributed by atoms with van der Waals surface area (Å²) in [4.78, 5) is 13.8. The number of nitrogens with one attached hydrogen (secondary N) is 1. The van der Waals surface area contributed by atoms with E-state index < -0.39 is 0 Å². The van der Waals surface area contributed by atoms with Gasteiger partial charge in [-0.15, -0.1) is 0 Å². The molecule has 2 aliphatic heterocycles. The lowest BCUT2D eigenvalue weighted by Gasteiger charge is -2.16. The molecule has 108 valence electrons. The summed E-state index contributed by atoms with van der Waals surface area (Å²) < 4.78 is 10.6. The molecule has 1 saturated heterocycles. The Hall–Kier alpha value is -1.55. The van der Waals surface area contributed by atoms with Gasteiger partial charge in [0.05, 0.1) is 26.1 Å². The maximum atomic E-state index is 12.3. The Bertz CT molecular complexity index is 479. The monoisotopic (exact) mass is 276 g/mol. The second kappa shape index (κ2) is 6.27. The first-order chi connectivity index (χ1) is 9.83. The highest BCUT2D eigenvalue weighted by atomic mass is 16.7. The molecule has 4 nitrogen and oxygen atoms in total. The fourth-order valence-corrected chi connectivity index (χ4v) is 2.98. The molecule has 0 saturated carbocycles. The number of hydrogen-bond donors (Lipinski definition) is 1. The van der Waals surface area contributed by atoms with Crippen LogP contribution in [0, 0.1) is 0 Å². The first-order valence-electron chi connectivity index (χ1n) is 7.59. The minimum absolute atomic E-state index is 0.208. The van der Waals surface area contributed by atoms with E-state index in [0.717, 1.165) is 17.9 Å². The van der Waals surface area contributed by atoms with Crippen molar-refractivity contribution in [2.24, 2.45) is 0 Å². The Balaban J connectivity index is 1.56. The van der Waals surface area contributed by atoms with E-state index >= 15 is 0 Å². The molecule has 1 N–H and O–H groups in total. The zero-order chi connectivity index (χ0) is 13.8. The molecule has 1 aromatic carbocycles. The van der Waals surface area contributed by atoms with E-state index in [1.54, 1.807) is 4.90 Å². The van der Waals surface area contributed by atoms with E-state index in [4.69, 9.17) is 9.47 Å². The Morgan fingerprint density at radius 2 is 1.80 bits per heavy atom. The molecule has 0 radical (unpaired) electrons. The summed E-state index contributed by atoms with van der Waals surface area (Å²) >= 11 is 0. The van der Waals surface area contributed by atoms with E-state index in [1.807, 2.05) is 18.2 Å². The summed E-state index contributed by atoms with van der Waals surface area (Å²) in [6.07, 6.45) is 5.91. The molecule has 20 heavy (non-hydrogen) atoms. The van der Waals surface area contributed by atoms with Gasteiger partial charge in [-0.1, -0.05) is 0 Å². The largest absolute Gasteiger partial charge is 0.454 e. The van der Waals surface area contributed by atoms with Crippen LogP contribution in [0.1, 0.15) is 42.5 Å². The van der Waals surface area contributed by atoms with Gasteiger partial charge in [0.2, 0.25) is 6.79 Å². The number of ether oxygens (including phenoxy) is 2. The van der Waals surface area contributed by atoms with Crippen molar-refractivity contribution in [3.05, 3.63) is 23.8 Å². The Labute approximate surface area is 119 Å². The van der Waals surface area contributed by atoms with Gasteiger partial charge in [-0.05, 0) is 43.9 Å². The lowest BCUT2D eigenvalue weighted by atomic mass is 10.1. The van der Waals surface area contributed by atoms with Crippen LogP contribution in [0.2, 0.25) is 0 Å². The SMILES string of the molecule is O=C(CC[NH+]1CCCCCC1)c1ccc2c(c1)OCO2. The molecule has 0 spiro atoms. The lowest BCUT2D eigenvalue weighted by Crippen LogP contribution is -3.11. The summed E-state index contributed by atoms with van der Waals surface area (Å²) in [5, 5.41) is 0. The third kappa shape index (κ3) is 3.12. The maximum Gasteiger partial charge on any atom is 0.231 e. The van der Waals surface area contributed by atoms with Crippen molar-refractivity contribution in [2.75, 3.05) is 26.4 Å². The van der Waals surface area contributed by atoms with Gasteiger partial charge in [-0.3, -0.25) is 4.79 Å². The molecule has 2 aliphatic rings. The molecule has 0 bridgehead atoms. The summed E-state index contributed by atoms with van der Waals surface area (Å²) in [5.41, 5.74) is 0.739. The molecule has 2 heterocycles. The smallest absolute Gasteiger partial charge is 0.231 e. The topological polar surface area (TPSA) is 40.0 Å². The maximum absolute atomic E-state index is 12.3. The average molecular weight is 276 g/mol. The number of rotatable bonds is 4. The van der Waals surface area contributed by atoms with Gasteiger partial charge in [0.25, 0.3) is 0 Å². The zero-order valence-corrected chi connectivity index (χ0v) is 11.8. The molecule has 1 fully saturated rings. The number of Topliss-reactive ketones (excluding diaryl/α,β-unsaturated/α-hetero) is 1. The third-order valence-corrected chi connectivity index (χ3v) is 4.21. The third-order valence-electron chi connectivity index (χ3n) is 4.21. The van der Waals surface area contributed by atoms with Crippen LogP contribution in [0.15, 0.2) is 18.2 Å². The van der Waals surface area contributed by atoms with Crippen molar-refractivity contribution < 1.29 is 19.2 Å². The van der Waals surface area contributed by atoms with E-state index in [0.29, 0.717) is 12.2 Å². The standard InChI is InChI=1S/C16H21NO3/c18-14(7-10-17-8-3-1-2-4-9-17)13-5-6-15-16(11-13)20-12-19-15/h5-6,11H,1-4,7-10,12H2/p+1. The van der Waals surface area contributed by atoms with Crippen LogP contribution >= 0.6 is 0 Å². The van der Waals surface area contributed by atoms with Crippen LogP contribution in [0.3, 0.4) is 0 Å². The van der Waals surface area contributed by atoms with E-state index in [-0.39, 0.29) is 12.6 Å². The highest BCUT2D eigenvalue weighted by Gasteiger charge is 2.18. The zero-order valence-electron chi connectivity index (χ0n) is 11.8. The summed E-state index contributed by atoms with van der Waals surface area (Å²) in [7, 11) is 0. The van der Waals surface area contributed by atoms with Crippen molar-refractivity contribution >= 4 is 5.78 Å². The van der Waals surface area contributed by atoms with Crippen LogP contribution < -0.4 is 14.4 Å². The number of quaternary nitrogens is 1. The van der Waals surface area contributed by atoms with Gasteiger partial charge in [0, 0.05) is 5.56 Å². The first-order valence-corrected chi connectivity index (χ1v) is 7.59. The molecule has 0 atom stereocenters. The number of benzene rings is 1. The van der Waals surface area contributed by atoms with Crippen LogP contribution in [0.25, 0.3) is 0 Å². The number of likely N-dealkylation sites (tertiary alicyclic amines) is 1. The number of carbonyl (C=O) groups excluding carboxylic acids is 1. The number of fused-ring (bicyclic) bond motifs is 1. The van der Waals surface area contributed by atoms with E-state index in [2.05, 4.69) is 0 Å². The summed E-state index contributed by atoms with van der Waals surface area (Å²) in [6, 6.07) is 5.48. The normalized spacial score (nSPS) is 18.8. The number of hydrogen-bond acceptors (Lipinski definition) is 3. The van der Waals surface area contributed by atoms with Gasteiger partial charge in [0.15, 0.2) is 17.3 Å². The molecule has 1 aromatic rings. The number of carbonyl (C=O) groups is 1. The van der Waals surface area contributed by atoms with Crippen LogP contribution in [0.4, 0.5) is 0 Å². The van der Waals surface area contributed by atoms with Gasteiger partial charge in [-0.2, -0.15) is 0 Å². The van der Waals surface area contributed by atoms with Crippen LogP contribution in [0.5, 0.6) is 11.5 Å². The second-order valence-corrected chi connectivity index (χ2v) is 5.66. The van der Waals surface area contributed by atoms with Crippen molar-refractivity contribution in [3.63, 3.8) is 0 Å². The molecular weight excluding hydrogens is 254 g/mol. The first kappa shape index (κ1) is 13.4. The Morgan fingerprint density at radius 1 is 1.05 bits per heavy atom. The Kier molecular flexibility index (Phi) is 4.21. The predicted octanol–water partition coefficient (Wildman–Crippen LogP) is 1.45. The van der Waals surface area contributed by atoms with Crippen LogP contribution in [-0.2, 0) is 0 Å². The lowest BCUT2D eigenvalue weighted by molar-refractivity contribution is -0.898. The predicted molar refractivity (Wildman–Crippen MR) is 75.5 cm³/mol. The quantitative estimate of drug-likeness (QED) is 0.846. The highest BCUT2D eigenvalue weighted by molar-refractivity contribution is 5.96. The second-order valence-electron chi connectivity index (χ2n) is 5.66. The number of ketones is 1. The van der Waals surface area contributed by atoms with E-state index in [1.165, 1.54) is 38.8 Å². The molecule has 3 rings (SSSR count). The molecule has 0 aromatic heterocycles. The molecule has 0 amide bonds. The van der Waals surface area contributed by atoms with Gasteiger partial charge >= 0.3 is 0 Å². The molecular formula is C16H22NO3+. The van der Waals surface area contributed by atoms with Gasteiger partial charge < -0.3 is 14.4 Å². The minimum atomic E-state index is 0.208. The van der Waals surface area contributed by atoms with Gasteiger partial charge in [-0.25, -0.2) is 0 Å². The van der Waals surface area contributed by atoms with Crippen molar-refractivity contribution in [3.8, 4) is 11.5 Å². The van der Waals surface area contributed by atoms with Crippen molar-refractivity contribution in [2.45, 2.75) is 32.1 Å². The Morgan fingerprint density at radius 3 is 2.60 bits per heavy atom. The highest BCUT2D eigenvalue weighted by Crippen LogP contribution is 2.32. The average Bonchev–Trinajstić information content (AvgIpc) is 2.78. The fourth-order valence-electron chi connectivity index (χ4n) is 2.98. The van der Waals surface area contributed by atoms with Crippen LogP contribution in [-0.4, -0.2) is 32.2 Å². The van der Waals surface area contributed by atoms with Crippen molar-refractivity contribution in [1.82, 2.24) is 0 Å². The summed E-state index contributed by atoms with van der Waals surface area (Å²) in [6.45, 7) is 3.64.